The van der Waals surface area contributed by atoms with Crippen molar-refractivity contribution in [2.45, 2.75) is 17.8 Å². The van der Waals surface area contributed by atoms with Crippen LogP contribution >= 0.6 is 34.7 Å². The van der Waals surface area contributed by atoms with Crippen LogP contribution in [0.4, 0.5) is 0 Å². The van der Waals surface area contributed by atoms with Gasteiger partial charge in [-0.3, -0.25) is 13.8 Å². The van der Waals surface area contributed by atoms with Gasteiger partial charge in [0, 0.05) is 39.7 Å². The standard InChI is InChI=1S/C22H16ClN5OS2/c1-14-2-8-18(9-3-14)28-20(15-4-6-16(23)7-5-15)25-26-22(28)31-13-17-12-19(29)27-10-11-30-21(27)24-17/h2-12H,13H2,1H3. The van der Waals surface area contributed by atoms with Gasteiger partial charge in [0.1, 0.15) is 0 Å². The molecule has 0 aliphatic heterocycles. The predicted octanol–water partition coefficient (Wildman–Crippen LogP) is 5.26. The first-order valence-corrected chi connectivity index (χ1v) is 11.7. The molecule has 0 fully saturated rings. The summed E-state index contributed by atoms with van der Waals surface area (Å²) in [4.78, 5) is 17.6. The Morgan fingerprint density at radius 3 is 2.61 bits per heavy atom. The number of aryl methyl sites for hydroxylation is 1. The topological polar surface area (TPSA) is 65.1 Å². The van der Waals surface area contributed by atoms with Crippen LogP contribution in [0.15, 0.2) is 76.1 Å². The maximum Gasteiger partial charge on any atom is 0.258 e. The Balaban J connectivity index is 1.53. The Morgan fingerprint density at radius 1 is 1.06 bits per heavy atom. The van der Waals surface area contributed by atoms with Crippen molar-refractivity contribution >= 4 is 39.7 Å². The van der Waals surface area contributed by atoms with Gasteiger partial charge in [0.25, 0.3) is 5.56 Å². The molecule has 0 saturated heterocycles. The zero-order valence-corrected chi connectivity index (χ0v) is 18.8. The average Bonchev–Trinajstić information content (AvgIpc) is 3.41. The van der Waals surface area contributed by atoms with Gasteiger partial charge in [-0.2, -0.15) is 0 Å². The van der Waals surface area contributed by atoms with E-state index in [-0.39, 0.29) is 5.56 Å². The van der Waals surface area contributed by atoms with Crippen LogP contribution in [0.1, 0.15) is 11.3 Å². The highest BCUT2D eigenvalue weighted by Gasteiger charge is 2.17. The summed E-state index contributed by atoms with van der Waals surface area (Å²) in [6.45, 7) is 2.05. The lowest BCUT2D eigenvalue weighted by Crippen LogP contribution is -2.12. The monoisotopic (exact) mass is 465 g/mol. The van der Waals surface area contributed by atoms with Gasteiger partial charge in [-0.15, -0.1) is 21.5 Å². The maximum atomic E-state index is 12.3. The van der Waals surface area contributed by atoms with Gasteiger partial charge in [-0.25, -0.2) is 4.98 Å². The lowest BCUT2D eigenvalue weighted by Gasteiger charge is -2.11. The van der Waals surface area contributed by atoms with Crippen LogP contribution in [0.2, 0.25) is 5.02 Å². The normalized spacial score (nSPS) is 11.3. The Kier molecular flexibility index (Phi) is 5.35. The Bertz CT molecular complexity index is 1420. The highest BCUT2D eigenvalue weighted by molar-refractivity contribution is 7.98. The Morgan fingerprint density at radius 2 is 1.84 bits per heavy atom. The van der Waals surface area contributed by atoms with E-state index in [2.05, 4.69) is 34.2 Å². The molecule has 0 spiro atoms. The number of benzene rings is 2. The van der Waals surface area contributed by atoms with Crippen molar-refractivity contribution in [2.24, 2.45) is 0 Å². The summed E-state index contributed by atoms with van der Waals surface area (Å²) >= 11 is 9.00. The van der Waals surface area contributed by atoms with Crippen molar-refractivity contribution in [1.82, 2.24) is 24.1 Å². The van der Waals surface area contributed by atoms with E-state index in [1.54, 1.807) is 16.7 Å². The molecule has 9 heteroatoms. The molecular weight excluding hydrogens is 450 g/mol. The molecule has 31 heavy (non-hydrogen) atoms. The minimum absolute atomic E-state index is 0.0799. The molecule has 5 rings (SSSR count). The quantitative estimate of drug-likeness (QED) is 0.331. The van der Waals surface area contributed by atoms with Crippen molar-refractivity contribution in [1.29, 1.82) is 0 Å². The number of rotatable bonds is 5. The first-order chi connectivity index (χ1) is 15.1. The molecule has 6 nitrogen and oxygen atoms in total. The molecule has 0 aliphatic rings. The molecule has 0 amide bonds. The highest BCUT2D eigenvalue weighted by atomic mass is 35.5. The molecule has 0 saturated carbocycles. The van der Waals surface area contributed by atoms with Gasteiger partial charge in [0.15, 0.2) is 15.9 Å². The van der Waals surface area contributed by atoms with E-state index >= 15 is 0 Å². The van der Waals surface area contributed by atoms with E-state index in [0.717, 1.165) is 22.2 Å². The fraction of sp³-hybridized carbons (Fsp3) is 0.0909. The highest BCUT2D eigenvalue weighted by Crippen LogP contribution is 2.30. The molecule has 2 aromatic carbocycles. The van der Waals surface area contributed by atoms with Gasteiger partial charge < -0.3 is 0 Å². The van der Waals surface area contributed by atoms with Crippen LogP contribution in [0.5, 0.6) is 0 Å². The third-order valence-corrected chi connectivity index (χ3v) is 6.70. The van der Waals surface area contributed by atoms with Crippen LogP contribution < -0.4 is 5.56 Å². The van der Waals surface area contributed by atoms with Crippen LogP contribution in [0.25, 0.3) is 22.0 Å². The minimum Gasteiger partial charge on any atom is -0.270 e. The predicted molar refractivity (Wildman–Crippen MR) is 125 cm³/mol. The molecule has 5 aromatic rings. The van der Waals surface area contributed by atoms with Crippen molar-refractivity contribution in [2.75, 3.05) is 0 Å². The van der Waals surface area contributed by atoms with Crippen molar-refractivity contribution < 1.29 is 0 Å². The number of nitrogens with zero attached hydrogens (tertiary/aromatic N) is 5. The minimum atomic E-state index is -0.0799. The summed E-state index contributed by atoms with van der Waals surface area (Å²) in [5.74, 6) is 1.23. The molecule has 154 valence electrons. The first kappa shape index (κ1) is 20.0. The molecule has 0 N–H and O–H groups in total. The lowest BCUT2D eigenvalue weighted by atomic mass is 10.2. The third kappa shape index (κ3) is 4.01. The van der Waals surface area contributed by atoms with E-state index in [1.807, 2.05) is 46.3 Å². The Hall–Kier alpha value is -2.94. The van der Waals surface area contributed by atoms with Gasteiger partial charge >= 0.3 is 0 Å². The zero-order valence-electron chi connectivity index (χ0n) is 16.4. The zero-order chi connectivity index (χ0) is 21.4. The summed E-state index contributed by atoms with van der Waals surface area (Å²) in [5.41, 5.74) is 3.69. The van der Waals surface area contributed by atoms with Crippen molar-refractivity contribution in [3.63, 3.8) is 0 Å². The van der Waals surface area contributed by atoms with E-state index in [4.69, 9.17) is 11.6 Å². The van der Waals surface area contributed by atoms with Crippen molar-refractivity contribution in [3.05, 3.63) is 92.8 Å². The van der Waals surface area contributed by atoms with Gasteiger partial charge in [-0.05, 0) is 43.3 Å². The molecule has 0 atom stereocenters. The Labute approximate surface area is 191 Å². The maximum absolute atomic E-state index is 12.3. The van der Waals surface area contributed by atoms with E-state index in [1.165, 1.54) is 28.7 Å². The van der Waals surface area contributed by atoms with E-state index < -0.39 is 0 Å². The fourth-order valence-corrected chi connectivity index (χ4v) is 4.89. The van der Waals surface area contributed by atoms with E-state index in [9.17, 15) is 4.79 Å². The summed E-state index contributed by atoms with van der Waals surface area (Å²) < 4.78 is 3.57. The molecule has 3 heterocycles. The average molecular weight is 466 g/mol. The molecule has 0 unspecified atom stereocenters. The number of hydrogen-bond donors (Lipinski definition) is 0. The summed E-state index contributed by atoms with van der Waals surface area (Å²) in [6, 6.07) is 17.3. The molecule has 0 radical (unpaired) electrons. The first-order valence-electron chi connectivity index (χ1n) is 9.45. The van der Waals surface area contributed by atoms with Crippen LogP contribution in [0, 0.1) is 6.92 Å². The van der Waals surface area contributed by atoms with E-state index in [0.29, 0.717) is 21.4 Å². The number of halogens is 1. The third-order valence-electron chi connectivity index (χ3n) is 4.73. The number of fused-ring (bicyclic) bond motifs is 1. The number of hydrogen-bond acceptors (Lipinski definition) is 6. The van der Waals surface area contributed by atoms with Gasteiger partial charge in [0.2, 0.25) is 0 Å². The molecule has 0 aliphatic carbocycles. The molecule has 0 bridgehead atoms. The fourth-order valence-electron chi connectivity index (χ4n) is 3.18. The molecule has 3 aromatic heterocycles. The molecular formula is C22H16ClN5OS2. The second kappa shape index (κ2) is 8.30. The number of thioether (sulfide) groups is 1. The number of aromatic nitrogens is 5. The van der Waals surface area contributed by atoms with Crippen LogP contribution in [-0.4, -0.2) is 24.1 Å². The van der Waals surface area contributed by atoms with Gasteiger partial charge in [0.05, 0.1) is 5.69 Å². The lowest BCUT2D eigenvalue weighted by molar-refractivity contribution is 0.884. The largest absolute Gasteiger partial charge is 0.270 e. The summed E-state index contributed by atoms with van der Waals surface area (Å²) in [7, 11) is 0. The SMILES string of the molecule is Cc1ccc(-n2c(SCc3cc(=O)n4ccsc4n3)nnc2-c2ccc(Cl)cc2)cc1. The van der Waals surface area contributed by atoms with Crippen molar-refractivity contribution in [3.8, 4) is 17.1 Å². The number of thiazole rings is 1. The van der Waals surface area contributed by atoms with Crippen LogP contribution in [0.3, 0.4) is 0 Å². The van der Waals surface area contributed by atoms with Gasteiger partial charge in [-0.1, -0.05) is 41.1 Å². The second-order valence-electron chi connectivity index (χ2n) is 6.91. The summed E-state index contributed by atoms with van der Waals surface area (Å²) in [6.07, 6.45) is 1.73. The second-order valence-corrected chi connectivity index (χ2v) is 9.17. The van der Waals surface area contributed by atoms with Crippen LogP contribution in [-0.2, 0) is 5.75 Å². The summed E-state index contributed by atoms with van der Waals surface area (Å²) in [5, 5.41) is 12.1. The smallest absolute Gasteiger partial charge is 0.258 e.